The monoisotopic (exact) mass is 279 g/mol. The number of halogens is 1. The normalized spacial score (nSPS) is 14.2. The van der Waals surface area contributed by atoms with E-state index in [-0.39, 0.29) is 0 Å². The number of hydrogen-bond acceptors (Lipinski definition) is 4. The Balaban J connectivity index is 2.03. The van der Waals surface area contributed by atoms with E-state index < -0.39 is 0 Å². The second kappa shape index (κ2) is 3.59. The molecule has 2 aromatic rings. The van der Waals surface area contributed by atoms with Crippen LogP contribution >= 0.6 is 15.9 Å². The molecule has 0 atom stereocenters. The summed E-state index contributed by atoms with van der Waals surface area (Å²) in [7, 11) is 0. The molecule has 0 spiro atoms. The third-order valence-electron chi connectivity index (χ3n) is 2.68. The molecular formula is C11H10BrN3O. The van der Waals surface area contributed by atoms with E-state index in [9.17, 15) is 0 Å². The number of benzene rings is 1. The molecule has 0 unspecified atom stereocenters. The minimum atomic E-state index is 0.582. The van der Waals surface area contributed by atoms with E-state index in [1.165, 1.54) is 5.56 Å². The molecule has 16 heavy (non-hydrogen) atoms. The highest BCUT2D eigenvalue weighted by Crippen LogP contribution is 2.35. The van der Waals surface area contributed by atoms with E-state index in [4.69, 9.17) is 4.42 Å². The molecule has 0 bridgehead atoms. The van der Waals surface area contributed by atoms with Crippen molar-refractivity contribution in [3.8, 4) is 0 Å². The summed E-state index contributed by atoms with van der Waals surface area (Å²) in [5.41, 5.74) is 2.47. The summed E-state index contributed by atoms with van der Waals surface area (Å²) in [5.74, 6) is 0.598. The second-order valence-electron chi connectivity index (χ2n) is 3.78. The summed E-state index contributed by atoms with van der Waals surface area (Å²) in [6, 6.07) is 6.82. The minimum absolute atomic E-state index is 0.582. The lowest BCUT2D eigenvalue weighted by Gasteiger charge is -2.13. The van der Waals surface area contributed by atoms with E-state index in [1.54, 1.807) is 6.92 Å². The van der Waals surface area contributed by atoms with Crippen molar-refractivity contribution in [1.29, 1.82) is 0 Å². The zero-order valence-electron chi connectivity index (χ0n) is 8.77. The first-order valence-corrected chi connectivity index (χ1v) is 5.89. The summed E-state index contributed by atoms with van der Waals surface area (Å²) in [4.78, 5) is 2.06. The van der Waals surface area contributed by atoms with Crippen LogP contribution in [0.2, 0.25) is 0 Å². The van der Waals surface area contributed by atoms with Gasteiger partial charge in [-0.15, -0.1) is 5.10 Å². The Kier molecular flexibility index (Phi) is 2.21. The van der Waals surface area contributed by atoms with Crippen LogP contribution in [-0.4, -0.2) is 16.7 Å². The summed E-state index contributed by atoms with van der Waals surface area (Å²) in [6.45, 7) is 2.70. The molecule has 1 aliphatic heterocycles. The van der Waals surface area contributed by atoms with Crippen LogP contribution in [-0.2, 0) is 6.42 Å². The molecule has 0 N–H and O–H groups in total. The maximum absolute atomic E-state index is 5.45. The molecule has 1 aliphatic rings. The smallest absolute Gasteiger partial charge is 0.322 e. The van der Waals surface area contributed by atoms with E-state index in [0.29, 0.717) is 11.9 Å². The average molecular weight is 280 g/mol. The number of rotatable bonds is 1. The van der Waals surface area contributed by atoms with Crippen LogP contribution in [0.5, 0.6) is 0 Å². The zero-order chi connectivity index (χ0) is 11.1. The lowest BCUT2D eigenvalue weighted by molar-refractivity contribution is 0.519. The molecule has 82 valence electrons. The zero-order valence-corrected chi connectivity index (χ0v) is 10.4. The van der Waals surface area contributed by atoms with Crippen molar-refractivity contribution >= 4 is 27.6 Å². The van der Waals surface area contributed by atoms with Gasteiger partial charge in [-0.1, -0.05) is 21.0 Å². The topological polar surface area (TPSA) is 42.2 Å². The SMILES string of the molecule is Cc1nnc(N2CCc3cc(Br)ccc32)o1. The molecule has 0 aliphatic carbocycles. The van der Waals surface area contributed by atoms with E-state index >= 15 is 0 Å². The first-order valence-electron chi connectivity index (χ1n) is 5.10. The Hall–Kier alpha value is -1.36. The number of fused-ring (bicyclic) bond motifs is 1. The van der Waals surface area contributed by atoms with Crippen molar-refractivity contribution in [1.82, 2.24) is 10.2 Å². The third kappa shape index (κ3) is 1.51. The van der Waals surface area contributed by atoms with E-state index in [2.05, 4.69) is 43.2 Å². The number of anilines is 2. The van der Waals surface area contributed by atoms with E-state index in [1.807, 2.05) is 6.07 Å². The van der Waals surface area contributed by atoms with Gasteiger partial charge in [0.2, 0.25) is 5.89 Å². The molecule has 3 rings (SSSR count). The lowest BCUT2D eigenvalue weighted by atomic mass is 10.2. The predicted molar refractivity (Wildman–Crippen MR) is 63.9 cm³/mol. The molecule has 0 radical (unpaired) electrons. The summed E-state index contributed by atoms with van der Waals surface area (Å²) >= 11 is 3.48. The molecule has 0 saturated heterocycles. The van der Waals surface area contributed by atoms with Gasteiger partial charge in [0.25, 0.3) is 0 Å². The quantitative estimate of drug-likeness (QED) is 0.805. The Morgan fingerprint density at radius 2 is 2.25 bits per heavy atom. The molecule has 0 amide bonds. The van der Waals surface area contributed by atoms with Gasteiger partial charge in [0.15, 0.2) is 0 Å². The minimum Gasteiger partial charge on any atom is -0.408 e. The van der Waals surface area contributed by atoms with Crippen molar-refractivity contribution in [2.45, 2.75) is 13.3 Å². The molecule has 1 aromatic heterocycles. The number of nitrogens with zero attached hydrogens (tertiary/aromatic N) is 3. The van der Waals surface area contributed by atoms with Gasteiger partial charge >= 0.3 is 6.01 Å². The maximum Gasteiger partial charge on any atom is 0.322 e. The maximum atomic E-state index is 5.45. The Bertz CT molecular complexity index is 538. The molecule has 2 heterocycles. The Morgan fingerprint density at radius 1 is 1.38 bits per heavy atom. The van der Waals surface area contributed by atoms with Crippen molar-refractivity contribution in [2.75, 3.05) is 11.4 Å². The van der Waals surface area contributed by atoms with Gasteiger partial charge in [-0.05, 0) is 30.2 Å². The second-order valence-corrected chi connectivity index (χ2v) is 4.69. The molecule has 5 heteroatoms. The molecule has 0 saturated carbocycles. The van der Waals surface area contributed by atoms with Crippen molar-refractivity contribution in [2.24, 2.45) is 0 Å². The van der Waals surface area contributed by atoms with Crippen LogP contribution in [0.1, 0.15) is 11.5 Å². The van der Waals surface area contributed by atoms with Crippen LogP contribution < -0.4 is 4.90 Å². The molecule has 4 nitrogen and oxygen atoms in total. The van der Waals surface area contributed by atoms with Crippen LogP contribution in [0.4, 0.5) is 11.7 Å². The van der Waals surface area contributed by atoms with Gasteiger partial charge in [-0.25, -0.2) is 0 Å². The van der Waals surface area contributed by atoms with E-state index in [0.717, 1.165) is 23.1 Å². The van der Waals surface area contributed by atoms with Crippen LogP contribution in [0.3, 0.4) is 0 Å². The van der Waals surface area contributed by atoms with Gasteiger partial charge in [0.05, 0.1) is 0 Å². The predicted octanol–water partition coefficient (Wildman–Crippen LogP) is 2.83. The Morgan fingerprint density at radius 3 is 3.00 bits per heavy atom. The summed E-state index contributed by atoms with van der Waals surface area (Å²) in [5, 5.41) is 7.90. The standard InChI is InChI=1S/C11H10BrN3O/c1-7-13-14-11(16-7)15-5-4-8-6-9(12)2-3-10(8)15/h2-3,6H,4-5H2,1H3. The number of aromatic nitrogens is 2. The van der Waals surface area contributed by atoms with Crippen LogP contribution in [0, 0.1) is 6.92 Å². The van der Waals surface area contributed by atoms with Crippen molar-refractivity contribution in [3.05, 3.63) is 34.1 Å². The Labute approximate surface area is 101 Å². The summed E-state index contributed by atoms with van der Waals surface area (Å²) < 4.78 is 6.55. The van der Waals surface area contributed by atoms with Crippen molar-refractivity contribution in [3.63, 3.8) is 0 Å². The first-order chi connectivity index (χ1) is 7.74. The lowest BCUT2D eigenvalue weighted by Crippen LogP contribution is -2.13. The number of aryl methyl sites for hydroxylation is 1. The van der Waals surface area contributed by atoms with Gasteiger partial charge in [-0.2, -0.15) is 0 Å². The van der Waals surface area contributed by atoms with Crippen LogP contribution in [0.15, 0.2) is 27.1 Å². The fourth-order valence-corrected chi connectivity index (χ4v) is 2.37. The number of hydrogen-bond donors (Lipinski definition) is 0. The third-order valence-corrected chi connectivity index (χ3v) is 3.18. The molecular weight excluding hydrogens is 270 g/mol. The first kappa shape index (κ1) is 9.84. The average Bonchev–Trinajstić information content (AvgIpc) is 2.83. The van der Waals surface area contributed by atoms with Crippen LogP contribution in [0.25, 0.3) is 0 Å². The largest absolute Gasteiger partial charge is 0.408 e. The fraction of sp³-hybridized carbons (Fsp3) is 0.273. The van der Waals surface area contributed by atoms with Gasteiger partial charge in [0.1, 0.15) is 0 Å². The van der Waals surface area contributed by atoms with Gasteiger partial charge in [-0.3, -0.25) is 4.90 Å². The highest BCUT2D eigenvalue weighted by atomic mass is 79.9. The highest BCUT2D eigenvalue weighted by molar-refractivity contribution is 9.10. The highest BCUT2D eigenvalue weighted by Gasteiger charge is 2.24. The van der Waals surface area contributed by atoms with Gasteiger partial charge in [0, 0.05) is 23.6 Å². The van der Waals surface area contributed by atoms with Gasteiger partial charge < -0.3 is 4.42 Å². The van der Waals surface area contributed by atoms with Crippen molar-refractivity contribution < 1.29 is 4.42 Å². The molecule has 0 fully saturated rings. The molecule has 1 aromatic carbocycles. The summed E-state index contributed by atoms with van der Waals surface area (Å²) in [6.07, 6.45) is 1.01. The fourth-order valence-electron chi connectivity index (χ4n) is 1.96.